The van der Waals surface area contributed by atoms with E-state index in [2.05, 4.69) is 29.3 Å². The number of rotatable bonds is 8. The summed E-state index contributed by atoms with van der Waals surface area (Å²) in [5.41, 5.74) is 3.99. The minimum Gasteiger partial charge on any atom is -0.491 e. The van der Waals surface area contributed by atoms with Crippen LogP contribution in [0.3, 0.4) is 0 Å². The molecule has 1 aliphatic rings. The smallest absolute Gasteiger partial charge is 0.254 e. The first kappa shape index (κ1) is 23.8. The van der Waals surface area contributed by atoms with Gasteiger partial charge < -0.3 is 24.1 Å². The third-order valence-electron chi connectivity index (χ3n) is 5.54. The van der Waals surface area contributed by atoms with Gasteiger partial charge in [0.05, 0.1) is 32.9 Å². The van der Waals surface area contributed by atoms with Crippen molar-refractivity contribution in [3.63, 3.8) is 0 Å². The molecular formula is C28H30N2O4. The lowest BCUT2D eigenvalue weighted by molar-refractivity contribution is -0.101. The number of aromatic nitrogens is 1. The molecular weight excluding hydrogens is 428 g/mol. The minimum atomic E-state index is -0.0993. The van der Waals surface area contributed by atoms with Gasteiger partial charge in [-0.05, 0) is 36.2 Å². The third kappa shape index (κ3) is 7.06. The molecule has 1 aromatic heterocycles. The summed E-state index contributed by atoms with van der Waals surface area (Å²) >= 11 is 0. The van der Waals surface area contributed by atoms with Gasteiger partial charge in [-0.25, -0.2) is 0 Å². The molecule has 1 saturated heterocycles. The maximum Gasteiger partial charge on any atom is 0.254 e. The second kappa shape index (κ2) is 12.2. The Hall–Kier alpha value is -3.37. The highest BCUT2D eigenvalue weighted by Crippen LogP contribution is 2.13. The topological polar surface area (TPSA) is 61.7 Å². The highest BCUT2D eigenvalue weighted by Gasteiger charge is 2.15. The molecule has 2 aromatic carbocycles. The van der Waals surface area contributed by atoms with Crippen molar-refractivity contribution >= 4 is 0 Å². The number of hydrogen-bond donors (Lipinski definition) is 1. The Morgan fingerprint density at radius 1 is 1.06 bits per heavy atom. The molecule has 0 aliphatic carbocycles. The van der Waals surface area contributed by atoms with E-state index in [9.17, 15) is 4.79 Å². The summed E-state index contributed by atoms with van der Waals surface area (Å²) in [5.74, 6) is 6.89. The highest BCUT2D eigenvalue weighted by molar-refractivity contribution is 5.36. The predicted molar refractivity (Wildman–Crippen MR) is 132 cm³/mol. The Morgan fingerprint density at radius 3 is 2.62 bits per heavy atom. The molecule has 6 heteroatoms. The molecule has 0 saturated carbocycles. The number of aryl methyl sites for hydroxylation is 1. The summed E-state index contributed by atoms with van der Waals surface area (Å²) in [6.45, 7) is 5.91. The van der Waals surface area contributed by atoms with Gasteiger partial charge in [-0.15, -0.1) is 0 Å². The zero-order valence-electron chi connectivity index (χ0n) is 19.5. The molecule has 1 atom stereocenters. The second-order valence-electron chi connectivity index (χ2n) is 8.22. The van der Waals surface area contributed by atoms with Gasteiger partial charge in [-0.1, -0.05) is 54.3 Å². The van der Waals surface area contributed by atoms with Crippen LogP contribution in [0.5, 0.6) is 5.75 Å². The fourth-order valence-corrected chi connectivity index (χ4v) is 3.69. The molecule has 1 aliphatic heterocycles. The van der Waals surface area contributed by atoms with Gasteiger partial charge in [0.15, 0.2) is 0 Å². The lowest BCUT2D eigenvalue weighted by Crippen LogP contribution is -2.33. The van der Waals surface area contributed by atoms with Crippen molar-refractivity contribution in [2.45, 2.75) is 26.1 Å². The van der Waals surface area contributed by atoms with Crippen LogP contribution in [0.25, 0.3) is 0 Å². The Balaban J connectivity index is 1.29. The van der Waals surface area contributed by atoms with E-state index in [1.54, 1.807) is 4.57 Å². The van der Waals surface area contributed by atoms with E-state index in [4.69, 9.17) is 14.2 Å². The normalized spacial score (nSPS) is 15.4. The Labute approximate surface area is 200 Å². The lowest BCUT2D eigenvalue weighted by atomic mass is 10.1. The number of nitrogens with zero attached hydrogens (tertiary/aromatic N) is 1. The van der Waals surface area contributed by atoms with Crippen molar-refractivity contribution in [1.82, 2.24) is 9.88 Å². The molecule has 0 spiro atoms. The van der Waals surface area contributed by atoms with Gasteiger partial charge in [0, 0.05) is 23.9 Å². The Morgan fingerprint density at radius 2 is 1.88 bits per heavy atom. The summed E-state index contributed by atoms with van der Waals surface area (Å²) in [5, 5.41) is 3.33. The van der Waals surface area contributed by atoms with E-state index >= 15 is 0 Å². The highest BCUT2D eigenvalue weighted by atomic mass is 16.6. The van der Waals surface area contributed by atoms with E-state index in [0.29, 0.717) is 45.3 Å². The quantitative estimate of drug-likeness (QED) is 0.415. The first-order valence-corrected chi connectivity index (χ1v) is 11.5. The third-order valence-corrected chi connectivity index (χ3v) is 5.54. The van der Waals surface area contributed by atoms with Crippen LogP contribution in [0.2, 0.25) is 0 Å². The summed E-state index contributed by atoms with van der Waals surface area (Å²) in [6.07, 6.45) is -0.0993. The van der Waals surface area contributed by atoms with Crippen LogP contribution in [0.4, 0.5) is 0 Å². The van der Waals surface area contributed by atoms with Crippen molar-refractivity contribution in [1.29, 1.82) is 0 Å². The fourth-order valence-electron chi connectivity index (χ4n) is 3.69. The molecule has 2 heterocycles. The summed E-state index contributed by atoms with van der Waals surface area (Å²) in [4.78, 5) is 12.7. The van der Waals surface area contributed by atoms with Crippen molar-refractivity contribution in [2.24, 2.45) is 0 Å². The molecule has 6 nitrogen and oxygen atoms in total. The predicted octanol–water partition coefficient (Wildman–Crippen LogP) is 3.14. The van der Waals surface area contributed by atoms with Gasteiger partial charge in [-0.3, -0.25) is 4.79 Å². The first-order chi connectivity index (χ1) is 16.7. The van der Waals surface area contributed by atoms with Gasteiger partial charge >= 0.3 is 0 Å². The van der Waals surface area contributed by atoms with Crippen LogP contribution in [0.1, 0.15) is 22.4 Å². The monoisotopic (exact) mass is 458 g/mol. The van der Waals surface area contributed by atoms with Crippen LogP contribution in [0, 0.1) is 18.8 Å². The number of hydrogen-bond acceptors (Lipinski definition) is 5. The van der Waals surface area contributed by atoms with Crippen LogP contribution in [-0.4, -0.2) is 43.6 Å². The van der Waals surface area contributed by atoms with Crippen molar-refractivity contribution < 1.29 is 14.2 Å². The largest absolute Gasteiger partial charge is 0.491 e. The zero-order valence-corrected chi connectivity index (χ0v) is 19.5. The average Bonchev–Trinajstić information content (AvgIpc) is 2.87. The molecule has 0 amide bonds. The number of pyridine rings is 1. The van der Waals surface area contributed by atoms with Crippen LogP contribution < -0.4 is 15.6 Å². The summed E-state index contributed by atoms with van der Waals surface area (Å²) in [7, 11) is 0. The van der Waals surface area contributed by atoms with E-state index in [1.807, 2.05) is 55.5 Å². The van der Waals surface area contributed by atoms with E-state index in [0.717, 1.165) is 23.4 Å². The molecule has 34 heavy (non-hydrogen) atoms. The van der Waals surface area contributed by atoms with Gasteiger partial charge in [0.25, 0.3) is 5.56 Å². The van der Waals surface area contributed by atoms with Gasteiger partial charge in [0.1, 0.15) is 18.5 Å². The lowest BCUT2D eigenvalue weighted by Gasteiger charge is -2.23. The number of ether oxygens (including phenoxy) is 3. The number of nitrogens with one attached hydrogen (secondary N) is 1. The Bertz CT molecular complexity index is 1170. The van der Waals surface area contributed by atoms with Gasteiger partial charge in [-0.2, -0.15) is 0 Å². The van der Waals surface area contributed by atoms with E-state index in [-0.39, 0.29) is 11.7 Å². The SMILES string of the molecule is Cc1cc(OC[C@H]2COCCO2)cc(=O)n1Cc1ccc(C#CCNCc2ccccc2)cc1. The summed E-state index contributed by atoms with van der Waals surface area (Å²) in [6, 6.07) is 21.7. The standard InChI is InChI=1S/C28H30N2O4/c1-22-16-26(34-21-27-20-32-14-15-33-27)17-28(31)30(22)19-25-11-9-23(10-12-25)8-5-13-29-18-24-6-3-2-4-7-24/h2-4,6-7,9-12,16-17,27,29H,13-15,18-21H2,1H3/t27-/m1/s1. The van der Waals surface area contributed by atoms with Crippen LogP contribution in [0.15, 0.2) is 71.5 Å². The molecule has 1 N–H and O–H groups in total. The average molecular weight is 459 g/mol. The zero-order chi connectivity index (χ0) is 23.6. The van der Waals surface area contributed by atoms with E-state index < -0.39 is 0 Å². The molecule has 1 fully saturated rings. The van der Waals surface area contributed by atoms with Crippen LogP contribution in [-0.2, 0) is 22.6 Å². The summed E-state index contributed by atoms with van der Waals surface area (Å²) < 4.78 is 18.5. The van der Waals surface area contributed by atoms with Crippen LogP contribution >= 0.6 is 0 Å². The Kier molecular flexibility index (Phi) is 8.53. The second-order valence-corrected chi connectivity index (χ2v) is 8.22. The molecule has 4 rings (SSSR count). The molecule has 176 valence electrons. The van der Waals surface area contributed by atoms with Gasteiger partial charge in [0.2, 0.25) is 0 Å². The van der Waals surface area contributed by atoms with E-state index in [1.165, 1.54) is 11.6 Å². The van der Waals surface area contributed by atoms with Crippen molar-refractivity contribution in [3.05, 3.63) is 99.5 Å². The number of benzene rings is 2. The molecule has 3 aromatic rings. The maximum absolute atomic E-state index is 12.7. The molecule has 0 unspecified atom stereocenters. The fraction of sp³-hybridized carbons (Fsp3) is 0.321. The molecule has 0 bridgehead atoms. The molecule has 0 radical (unpaired) electrons. The maximum atomic E-state index is 12.7. The van der Waals surface area contributed by atoms with Crippen molar-refractivity contribution in [3.8, 4) is 17.6 Å². The first-order valence-electron chi connectivity index (χ1n) is 11.5. The van der Waals surface area contributed by atoms with Crippen molar-refractivity contribution in [2.75, 3.05) is 33.0 Å². The minimum absolute atomic E-state index is 0.0934.